The molecule has 0 fully saturated rings. The van der Waals surface area contributed by atoms with Crippen LogP contribution in [-0.4, -0.2) is 149 Å². The molecule has 106 heavy (non-hydrogen) atoms. The Hall–Kier alpha value is -4.25. The van der Waals surface area contributed by atoms with Crippen LogP contribution >= 0.6 is 173 Å². The molecule has 4 atom stereocenters. The van der Waals surface area contributed by atoms with E-state index < -0.39 is 133 Å². The van der Waals surface area contributed by atoms with Crippen molar-refractivity contribution >= 4 is 276 Å². The minimum Gasteiger partial charge on any atom is -0.548 e. The number of thiocarbonyl (C=S) groups is 2. The van der Waals surface area contributed by atoms with E-state index in [0.717, 1.165) is 21.6 Å². The molecular weight excluding hydrogens is 2050 g/mol. The Balaban J connectivity index is 0.00000880. The summed E-state index contributed by atoms with van der Waals surface area (Å²) in [5, 5.41) is 105. The van der Waals surface area contributed by atoms with Gasteiger partial charge >= 0.3 is 127 Å². The number of nitrogens with one attached hydrogen (secondary N) is 8. The van der Waals surface area contributed by atoms with Crippen LogP contribution in [0.3, 0.4) is 0 Å². The number of phenols is 2. The van der Waals surface area contributed by atoms with Gasteiger partial charge in [-0.25, -0.2) is 9.59 Å². The number of carboxylic acid groups (broad SMARTS) is 6. The minimum atomic E-state index is -1.76. The van der Waals surface area contributed by atoms with Crippen LogP contribution in [0.4, 0.5) is 11.4 Å². The van der Waals surface area contributed by atoms with Crippen molar-refractivity contribution in [3.63, 3.8) is 0 Å². The molecule has 30 nitrogen and oxygen atoms in total. The second kappa shape index (κ2) is 40.3. The van der Waals surface area contributed by atoms with E-state index in [1.807, 2.05) is 0 Å². The zero-order chi connectivity index (χ0) is 76.6. The van der Waals surface area contributed by atoms with Gasteiger partial charge in [-0.2, -0.15) is 0 Å². The first-order valence-corrected chi connectivity index (χ1v) is 38.7. The molecule has 2 heterocycles. The van der Waals surface area contributed by atoms with Gasteiger partial charge in [-0.3, -0.25) is 38.4 Å². The van der Waals surface area contributed by atoms with Crippen LogP contribution in [-0.2, 0) is 38.4 Å². The second-order valence-electron chi connectivity index (χ2n) is 21.7. The van der Waals surface area contributed by atoms with Gasteiger partial charge in [0.1, 0.15) is 54.6 Å². The smallest absolute Gasteiger partial charge is 0.548 e. The third kappa shape index (κ3) is 22.3. The maximum Gasteiger partial charge on any atom is 1.00 e. The number of carboxylic acids is 6. The number of hydrogen-bond donors (Lipinski definition) is 14. The van der Waals surface area contributed by atoms with Gasteiger partial charge < -0.3 is 102 Å². The van der Waals surface area contributed by atoms with Crippen LogP contribution in [0.1, 0.15) is 46.4 Å². The molecule has 8 rings (SSSR count). The molecule has 0 saturated heterocycles. The monoisotopic (exact) mass is 2090 g/mol. The normalized spacial score (nSPS) is 12.1. The number of anilines is 2. The first-order valence-electron chi connectivity index (χ1n) is 29.0. The van der Waals surface area contributed by atoms with Crippen molar-refractivity contribution in [2.75, 3.05) is 35.2 Å². The van der Waals surface area contributed by atoms with Crippen molar-refractivity contribution in [2.24, 2.45) is 0 Å². The summed E-state index contributed by atoms with van der Waals surface area (Å²) < 4.78 is 12.9. The Morgan fingerprint density at radius 1 is 0.472 bits per heavy atom. The van der Waals surface area contributed by atoms with Crippen LogP contribution in [0, 0.1) is 0 Å². The van der Waals surface area contributed by atoms with Crippen molar-refractivity contribution in [2.45, 2.75) is 49.9 Å². The van der Waals surface area contributed by atoms with E-state index in [-0.39, 0.29) is 250 Å². The molecule has 0 aromatic heterocycles. The van der Waals surface area contributed by atoms with Crippen molar-refractivity contribution in [1.29, 1.82) is 0 Å². The molecular formula is C62H44Br8K2N8O22S4. The van der Waals surface area contributed by atoms with E-state index in [1.165, 1.54) is 60.7 Å². The number of halogens is 8. The van der Waals surface area contributed by atoms with Crippen molar-refractivity contribution in [3.8, 4) is 56.4 Å². The Labute approximate surface area is 766 Å². The predicted molar refractivity (Wildman–Crippen MR) is 413 cm³/mol. The van der Waals surface area contributed by atoms with Crippen LogP contribution in [0.2, 0.25) is 0 Å². The maximum absolute atomic E-state index is 13.4. The van der Waals surface area contributed by atoms with E-state index in [4.69, 9.17) is 33.3 Å². The molecule has 14 N–H and O–H groups in total. The second-order valence-corrected chi connectivity index (χ2v) is 31.6. The molecule has 44 heteroatoms. The molecule has 4 amide bonds. The average Bonchev–Trinajstić information content (AvgIpc) is 0.735. The number of rotatable bonds is 29. The number of aliphatic carboxylic acids is 4. The zero-order valence-electron chi connectivity index (χ0n) is 53.6. The fraction of sp³-hybridized carbons (Fsp3) is 0.194. The summed E-state index contributed by atoms with van der Waals surface area (Å²) >= 11 is 37.0. The van der Waals surface area contributed by atoms with Crippen molar-refractivity contribution in [3.05, 3.63) is 128 Å². The SMILES string of the molecule is O=C(O)CNC(=O)[C@H](CSSC[C@H](NC(=O)CC[C@H](NC(=S)Nc1ccc(-c2c3cc(Br)c(=O)c(Br)c-3oc3c(Br)c(O)c(Br)cc23)c(C(=O)O)c1)C(=O)[O-])C(=O)NCC(=O)O)NC(=O)CC[C@H](NC(=S)Nc1ccc(-c2c3cc(Br)c(=O)c(Br)c-3oc3c(Br)c(O)c(Br)cc23)c(C(=O)O)c1)C(=O)[O-].[K+].[K+]. The minimum absolute atomic E-state index is 0. The quantitative estimate of drug-likeness (QED) is 0.0105. The Bertz CT molecular complexity index is 4720. The van der Waals surface area contributed by atoms with E-state index in [9.17, 15) is 98.4 Å². The molecule has 0 bridgehead atoms. The third-order valence-corrected chi connectivity index (χ3v) is 22.9. The van der Waals surface area contributed by atoms with Gasteiger partial charge in [0.25, 0.3) is 0 Å². The van der Waals surface area contributed by atoms with Crippen LogP contribution < -0.4 is 166 Å². The number of fused-ring (bicyclic) bond motifs is 4. The summed E-state index contributed by atoms with van der Waals surface area (Å²) in [7, 11) is 1.60. The molecule has 0 unspecified atom stereocenters. The molecule has 4 aromatic rings. The fourth-order valence-electron chi connectivity index (χ4n) is 10.0. The fourth-order valence-corrected chi connectivity index (χ4v) is 17.7. The Kier molecular flexibility index (Phi) is 34.4. The van der Waals surface area contributed by atoms with Gasteiger partial charge in [0.15, 0.2) is 32.9 Å². The molecule has 0 saturated carbocycles. The van der Waals surface area contributed by atoms with Crippen LogP contribution in [0.5, 0.6) is 11.5 Å². The molecule has 0 spiro atoms. The number of aromatic carboxylic acids is 2. The van der Waals surface area contributed by atoms with E-state index in [0.29, 0.717) is 10.8 Å². The van der Waals surface area contributed by atoms with Gasteiger partial charge in [0.2, 0.25) is 34.5 Å². The first kappa shape index (κ1) is 90.6. The molecule has 546 valence electrons. The molecule has 2 aliphatic heterocycles. The number of amides is 4. The zero-order valence-corrected chi connectivity index (χ0v) is 75.8. The summed E-state index contributed by atoms with van der Waals surface area (Å²) in [6, 6.07) is 7.28. The van der Waals surface area contributed by atoms with Crippen molar-refractivity contribution < 1.29 is 200 Å². The van der Waals surface area contributed by atoms with E-state index in [1.54, 1.807) is 0 Å². The summed E-state index contributed by atoms with van der Waals surface area (Å²) in [6.45, 7) is -1.82. The standard InChI is InChI=1S/C62H46Br8N8O22S4.2K/c63-29-11-25-41(26-12-30(64)48(86)44(68)52(26)99-51(25)43(67)47(29)85)21-3-1-19(9-23(21)57(91)92)73-61(101)77-33(59(95)96)5-7-37(79)75-35(55(89)71-15-39(81)82)17-103-104-18-36(56(90)72-16-40(83)84)76-38(80)8-6-34(60(97)98)78-62(102)74-20-2-4-22(24(10-20)58(93)94)42-27-13-31(65)49(87)45(69)53(27)100-54-28(42)14-32(66)50(88)46(54)70;;/h1-4,9-14,33-36,85,87H,5-8,15-18H2,(H,71,89)(H,72,90)(H,75,79)(H,76,80)(H,81,82)(H,83,84)(H,91,92)(H,93,94)(H,95,96)(H,97,98)(H2,73,77,101)(H2,74,78,102);;/q;2*+1/p-2/t33-,34-,35-,36-;;/m0../s1. The van der Waals surface area contributed by atoms with E-state index in [2.05, 4.69) is 170 Å². The Morgan fingerprint density at radius 2 is 0.821 bits per heavy atom. The number of hydrogen-bond acceptors (Lipinski definition) is 22. The summed E-state index contributed by atoms with van der Waals surface area (Å²) in [5.74, 6) is -14.6. The van der Waals surface area contributed by atoms with Crippen molar-refractivity contribution in [1.82, 2.24) is 31.9 Å². The predicted octanol–water partition coefficient (Wildman–Crippen LogP) is 2.18. The molecule has 4 aromatic carbocycles. The molecule has 2 aliphatic carbocycles. The van der Waals surface area contributed by atoms with E-state index >= 15 is 0 Å². The molecule has 4 aliphatic rings. The average molecular weight is 2100 g/mol. The van der Waals surface area contributed by atoms with Gasteiger partial charge in [0, 0.05) is 68.7 Å². The maximum atomic E-state index is 13.4. The number of carbonyl (C=O) groups excluding carboxylic acids is 6. The summed E-state index contributed by atoms with van der Waals surface area (Å²) in [5.41, 5.74) is -0.287. The summed E-state index contributed by atoms with van der Waals surface area (Å²) in [6.07, 6.45) is -2.40. The van der Waals surface area contributed by atoms with Crippen LogP contribution in [0.15, 0.2) is 115 Å². The first-order chi connectivity index (χ1) is 49.0. The van der Waals surface area contributed by atoms with Gasteiger partial charge in [-0.1, -0.05) is 33.7 Å². The van der Waals surface area contributed by atoms with Gasteiger partial charge in [-0.05, 0) is 224 Å². The molecule has 0 radical (unpaired) electrons. The number of aromatic hydroxyl groups is 2. The number of phenolic OH excluding ortho intramolecular Hbond substituents is 2. The topological polar surface area (TPSA) is 495 Å². The summed E-state index contributed by atoms with van der Waals surface area (Å²) in [4.78, 5) is 153. The largest absolute Gasteiger partial charge is 1.00 e. The number of benzene rings is 6. The van der Waals surface area contributed by atoms with Crippen LogP contribution in [0.25, 0.3) is 66.8 Å². The van der Waals surface area contributed by atoms with Gasteiger partial charge in [0.05, 0.1) is 53.0 Å². The van der Waals surface area contributed by atoms with Gasteiger partial charge in [-0.15, -0.1) is 0 Å². The third-order valence-electron chi connectivity index (χ3n) is 14.8. The Morgan fingerprint density at radius 3 is 1.14 bits per heavy atom. The number of carbonyl (C=O) groups is 10.